The van der Waals surface area contributed by atoms with Gasteiger partial charge in [0.1, 0.15) is 5.38 Å². The molecular formula is C14H19ClN2O2. The lowest BCUT2D eigenvalue weighted by molar-refractivity contribution is -0.115. The molecule has 0 aliphatic heterocycles. The van der Waals surface area contributed by atoms with E-state index >= 15 is 0 Å². The van der Waals surface area contributed by atoms with E-state index in [0.717, 1.165) is 12.8 Å². The largest absolute Gasteiger partial charge is 0.352 e. The second kappa shape index (κ2) is 7.79. The molecule has 0 saturated carbocycles. The molecular weight excluding hydrogens is 264 g/mol. The number of alkyl halides is 1. The van der Waals surface area contributed by atoms with Gasteiger partial charge in [0.25, 0.3) is 5.91 Å². The molecule has 1 rings (SSSR count). The van der Waals surface area contributed by atoms with Gasteiger partial charge in [-0.2, -0.15) is 0 Å². The zero-order chi connectivity index (χ0) is 14.3. The molecule has 5 heteroatoms. The van der Waals surface area contributed by atoms with Gasteiger partial charge < -0.3 is 10.6 Å². The van der Waals surface area contributed by atoms with Crippen LogP contribution in [0.15, 0.2) is 24.3 Å². The summed E-state index contributed by atoms with van der Waals surface area (Å²) in [4.78, 5) is 23.6. The predicted molar refractivity (Wildman–Crippen MR) is 77.6 cm³/mol. The van der Waals surface area contributed by atoms with Gasteiger partial charge in [-0.1, -0.05) is 25.5 Å². The normalized spacial score (nSPS) is 11.7. The minimum atomic E-state index is -0.642. The van der Waals surface area contributed by atoms with Crippen LogP contribution in [0.3, 0.4) is 0 Å². The number of anilines is 1. The van der Waals surface area contributed by atoms with Crippen molar-refractivity contribution in [3.63, 3.8) is 0 Å². The average Bonchev–Trinajstić information content (AvgIpc) is 2.39. The van der Waals surface area contributed by atoms with Crippen LogP contribution in [-0.2, 0) is 4.79 Å². The first-order valence-electron chi connectivity index (χ1n) is 6.38. The van der Waals surface area contributed by atoms with Gasteiger partial charge in [-0.25, -0.2) is 0 Å². The first-order chi connectivity index (χ1) is 9.06. The Hall–Kier alpha value is -1.55. The smallest absolute Gasteiger partial charge is 0.253 e. The maximum Gasteiger partial charge on any atom is 0.253 e. The Balaban J connectivity index is 2.77. The van der Waals surface area contributed by atoms with Crippen molar-refractivity contribution in [1.82, 2.24) is 5.32 Å². The minimum absolute atomic E-state index is 0.188. The second-order valence-corrected chi connectivity index (χ2v) is 4.91. The van der Waals surface area contributed by atoms with Gasteiger partial charge in [-0.3, -0.25) is 9.59 Å². The van der Waals surface area contributed by atoms with Crippen molar-refractivity contribution in [2.45, 2.75) is 32.1 Å². The molecule has 104 valence electrons. The molecule has 1 aromatic rings. The van der Waals surface area contributed by atoms with Gasteiger partial charge in [0.2, 0.25) is 5.91 Å². The van der Waals surface area contributed by atoms with Crippen molar-refractivity contribution in [2.75, 3.05) is 11.9 Å². The third kappa shape index (κ3) is 4.91. The fraction of sp³-hybridized carbons (Fsp3) is 0.429. The van der Waals surface area contributed by atoms with Crippen molar-refractivity contribution < 1.29 is 9.59 Å². The standard InChI is InChI=1S/C14H19ClN2O2/c1-3-4-9-16-14(19)11-7-5-6-8-12(11)17-13(18)10(2)15/h5-8,10H,3-4,9H2,1-2H3,(H,16,19)(H,17,18)/t10-/m1/s1. The zero-order valence-corrected chi connectivity index (χ0v) is 12.0. The summed E-state index contributed by atoms with van der Waals surface area (Å²) >= 11 is 5.70. The maximum atomic E-state index is 12.0. The van der Waals surface area contributed by atoms with E-state index in [9.17, 15) is 9.59 Å². The highest BCUT2D eigenvalue weighted by atomic mass is 35.5. The Morgan fingerprint density at radius 3 is 2.63 bits per heavy atom. The number of amides is 2. The molecule has 0 aliphatic carbocycles. The Labute approximate surface area is 118 Å². The SMILES string of the molecule is CCCCNC(=O)c1ccccc1NC(=O)[C@@H](C)Cl. The van der Waals surface area contributed by atoms with E-state index in [1.54, 1.807) is 31.2 Å². The number of halogens is 1. The van der Waals surface area contributed by atoms with Crippen LogP contribution < -0.4 is 10.6 Å². The van der Waals surface area contributed by atoms with E-state index in [1.165, 1.54) is 0 Å². The molecule has 0 bridgehead atoms. The first kappa shape index (κ1) is 15.5. The number of nitrogens with one attached hydrogen (secondary N) is 2. The molecule has 4 nitrogen and oxygen atoms in total. The summed E-state index contributed by atoms with van der Waals surface area (Å²) in [5.41, 5.74) is 0.929. The molecule has 0 aliphatic rings. The summed E-state index contributed by atoms with van der Waals surface area (Å²) in [7, 11) is 0. The van der Waals surface area contributed by atoms with E-state index in [2.05, 4.69) is 17.6 Å². The Morgan fingerprint density at radius 2 is 2.00 bits per heavy atom. The van der Waals surface area contributed by atoms with Crippen LogP contribution in [0.1, 0.15) is 37.0 Å². The van der Waals surface area contributed by atoms with Crippen LogP contribution in [0.5, 0.6) is 0 Å². The van der Waals surface area contributed by atoms with Crippen LogP contribution in [0.2, 0.25) is 0 Å². The van der Waals surface area contributed by atoms with Crippen LogP contribution in [0.25, 0.3) is 0 Å². The Kier molecular flexibility index (Phi) is 6.36. The molecule has 0 spiro atoms. The molecule has 0 heterocycles. The molecule has 1 atom stereocenters. The highest BCUT2D eigenvalue weighted by Gasteiger charge is 2.14. The van der Waals surface area contributed by atoms with Crippen LogP contribution in [0.4, 0.5) is 5.69 Å². The van der Waals surface area contributed by atoms with E-state index in [4.69, 9.17) is 11.6 Å². The summed E-state index contributed by atoms with van der Waals surface area (Å²) in [5, 5.41) is 4.83. The average molecular weight is 283 g/mol. The molecule has 2 amide bonds. The molecule has 2 N–H and O–H groups in total. The lowest BCUT2D eigenvalue weighted by atomic mass is 10.1. The number of para-hydroxylation sites is 1. The molecule has 0 saturated heterocycles. The Bertz CT molecular complexity index is 447. The fourth-order valence-corrected chi connectivity index (χ4v) is 1.55. The predicted octanol–water partition coefficient (Wildman–Crippen LogP) is 2.78. The van der Waals surface area contributed by atoms with Crippen molar-refractivity contribution in [3.05, 3.63) is 29.8 Å². The summed E-state index contributed by atoms with van der Waals surface area (Å²) in [6.45, 7) is 4.27. The number of rotatable bonds is 6. The van der Waals surface area contributed by atoms with Crippen molar-refractivity contribution in [1.29, 1.82) is 0 Å². The molecule has 1 aromatic carbocycles. The summed E-state index contributed by atoms with van der Waals surface area (Å²) in [5.74, 6) is -0.512. The molecule has 0 unspecified atom stereocenters. The number of hydrogen-bond acceptors (Lipinski definition) is 2. The third-order valence-electron chi connectivity index (χ3n) is 2.61. The van der Waals surface area contributed by atoms with Crippen LogP contribution in [-0.4, -0.2) is 23.7 Å². The maximum absolute atomic E-state index is 12.0. The highest BCUT2D eigenvalue weighted by molar-refractivity contribution is 6.32. The van der Waals surface area contributed by atoms with Crippen LogP contribution in [0, 0.1) is 0 Å². The zero-order valence-electron chi connectivity index (χ0n) is 11.2. The van der Waals surface area contributed by atoms with Gasteiger partial charge in [0.05, 0.1) is 11.3 Å². The Morgan fingerprint density at radius 1 is 1.32 bits per heavy atom. The highest BCUT2D eigenvalue weighted by Crippen LogP contribution is 2.15. The number of carbonyl (C=O) groups is 2. The van der Waals surface area contributed by atoms with E-state index < -0.39 is 5.38 Å². The van der Waals surface area contributed by atoms with Gasteiger partial charge in [0, 0.05) is 6.54 Å². The lowest BCUT2D eigenvalue weighted by Crippen LogP contribution is -2.27. The van der Waals surface area contributed by atoms with E-state index in [-0.39, 0.29) is 11.8 Å². The lowest BCUT2D eigenvalue weighted by Gasteiger charge is -2.12. The summed E-state index contributed by atoms with van der Waals surface area (Å²) < 4.78 is 0. The van der Waals surface area contributed by atoms with Gasteiger partial charge in [0.15, 0.2) is 0 Å². The van der Waals surface area contributed by atoms with Gasteiger partial charge in [-0.15, -0.1) is 11.6 Å². The fourth-order valence-electron chi connectivity index (χ4n) is 1.50. The minimum Gasteiger partial charge on any atom is -0.352 e. The van der Waals surface area contributed by atoms with Crippen molar-refractivity contribution >= 4 is 29.1 Å². The second-order valence-electron chi connectivity index (χ2n) is 4.26. The van der Waals surface area contributed by atoms with E-state index in [1.807, 2.05) is 0 Å². The molecule has 0 radical (unpaired) electrons. The number of benzene rings is 1. The molecule has 19 heavy (non-hydrogen) atoms. The van der Waals surface area contributed by atoms with Crippen LogP contribution >= 0.6 is 11.6 Å². The number of unbranched alkanes of at least 4 members (excludes halogenated alkanes) is 1. The topological polar surface area (TPSA) is 58.2 Å². The third-order valence-corrected chi connectivity index (χ3v) is 2.80. The quantitative estimate of drug-likeness (QED) is 0.623. The molecule has 0 fully saturated rings. The summed E-state index contributed by atoms with van der Waals surface area (Å²) in [6, 6.07) is 6.88. The monoisotopic (exact) mass is 282 g/mol. The van der Waals surface area contributed by atoms with Crippen molar-refractivity contribution in [2.24, 2.45) is 0 Å². The van der Waals surface area contributed by atoms with Gasteiger partial charge in [-0.05, 0) is 25.5 Å². The number of hydrogen-bond donors (Lipinski definition) is 2. The number of carbonyl (C=O) groups excluding carboxylic acids is 2. The molecule has 0 aromatic heterocycles. The first-order valence-corrected chi connectivity index (χ1v) is 6.82. The summed E-state index contributed by atoms with van der Waals surface area (Å²) in [6.07, 6.45) is 1.95. The van der Waals surface area contributed by atoms with E-state index in [0.29, 0.717) is 17.8 Å². The van der Waals surface area contributed by atoms with Crippen molar-refractivity contribution in [3.8, 4) is 0 Å². The van der Waals surface area contributed by atoms with Gasteiger partial charge >= 0.3 is 0 Å².